The van der Waals surface area contributed by atoms with E-state index in [1.54, 1.807) is 0 Å². The quantitative estimate of drug-likeness (QED) is 0.275. The van der Waals surface area contributed by atoms with Gasteiger partial charge in [-0.15, -0.1) is 0 Å². The van der Waals surface area contributed by atoms with Gasteiger partial charge in [-0.1, -0.05) is 90.5 Å². The lowest BCUT2D eigenvalue weighted by Crippen LogP contribution is -1.91. The van der Waals surface area contributed by atoms with Crippen LogP contribution in [-0.4, -0.2) is 9.97 Å². The van der Waals surface area contributed by atoms with Crippen molar-refractivity contribution in [1.82, 2.24) is 9.97 Å². The molecule has 0 radical (unpaired) electrons. The van der Waals surface area contributed by atoms with Crippen LogP contribution in [0.1, 0.15) is 19.4 Å². The van der Waals surface area contributed by atoms with Crippen LogP contribution in [0.5, 0.6) is 0 Å². The third-order valence-electron chi connectivity index (χ3n) is 5.73. The van der Waals surface area contributed by atoms with Gasteiger partial charge in [0.05, 0.1) is 17.1 Å². The van der Waals surface area contributed by atoms with E-state index in [-0.39, 0.29) is 0 Å². The lowest BCUT2D eigenvalue weighted by molar-refractivity contribution is 1.31. The number of pyridine rings is 2. The summed E-state index contributed by atoms with van der Waals surface area (Å²) in [5, 5.41) is 0. The molecule has 0 amide bonds. The Labute approximate surface area is 201 Å². The fourth-order valence-electron chi connectivity index (χ4n) is 4.19. The summed E-state index contributed by atoms with van der Waals surface area (Å²) in [6.45, 7) is 4.22. The minimum atomic E-state index is 0.964. The summed E-state index contributed by atoms with van der Waals surface area (Å²) in [6, 6.07) is 37.8. The Hall–Kier alpha value is -4.30. The van der Waals surface area contributed by atoms with Gasteiger partial charge in [-0.05, 0) is 60.9 Å². The van der Waals surface area contributed by atoms with E-state index >= 15 is 0 Å². The van der Waals surface area contributed by atoms with Gasteiger partial charge < -0.3 is 0 Å². The molecule has 0 N–H and O–H groups in total. The van der Waals surface area contributed by atoms with E-state index in [2.05, 4.69) is 110 Å². The van der Waals surface area contributed by atoms with E-state index in [0.29, 0.717) is 0 Å². The summed E-state index contributed by atoms with van der Waals surface area (Å²) in [6.07, 6.45) is 4.06. The second-order valence-corrected chi connectivity index (χ2v) is 8.60. The molecule has 0 unspecified atom stereocenters. The summed E-state index contributed by atoms with van der Waals surface area (Å²) < 4.78 is 0. The van der Waals surface area contributed by atoms with Gasteiger partial charge in [-0.25, -0.2) is 4.98 Å². The van der Waals surface area contributed by atoms with Crippen LogP contribution in [0.4, 0.5) is 0 Å². The van der Waals surface area contributed by atoms with E-state index in [1.165, 1.54) is 5.57 Å². The monoisotopic (exact) mass is 438 g/mol. The van der Waals surface area contributed by atoms with Crippen molar-refractivity contribution >= 4 is 6.08 Å². The molecule has 3 aromatic carbocycles. The second kappa shape index (κ2) is 9.68. The Balaban J connectivity index is 1.56. The number of nitrogens with zero attached hydrogens (tertiary/aromatic N) is 2. The maximum absolute atomic E-state index is 5.00. The molecule has 34 heavy (non-hydrogen) atoms. The van der Waals surface area contributed by atoms with E-state index in [9.17, 15) is 0 Å². The van der Waals surface area contributed by atoms with Crippen molar-refractivity contribution in [3.63, 3.8) is 0 Å². The van der Waals surface area contributed by atoms with Gasteiger partial charge >= 0.3 is 0 Å². The molecule has 0 spiro atoms. The highest BCUT2D eigenvalue weighted by atomic mass is 14.7. The molecule has 2 nitrogen and oxygen atoms in total. The number of rotatable bonds is 5. The predicted octanol–water partition coefficient (Wildman–Crippen LogP) is 8.57. The van der Waals surface area contributed by atoms with Crippen molar-refractivity contribution in [3.05, 3.63) is 127 Å². The fourth-order valence-corrected chi connectivity index (χ4v) is 4.19. The van der Waals surface area contributed by atoms with E-state index < -0.39 is 0 Å². The summed E-state index contributed by atoms with van der Waals surface area (Å²) in [5.41, 5.74) is 11.0. The van der Waals surface area contributed by atoms with Gasteiger partial charge in [-0.3, -0.25) is 4.98 Å². The third-order valence-corrected chi connectivity index (χ3v) is 5.73. The number of benzene rings is 3. The van der Waals surface area contributed by atoms with E-state index in [0.717, 1.165) is 50.5 Å². The molecule has 0 aliphatic heterocycles. The molecule has 164 valence electrons. The molecule has 0 saturated carbocycles. The second-order valence-electron chi connectivity index (χ2n) is 8.60. The van der Waals surface area contributed by atoms with Crippen molar-refractivity contribution < 1.29 is 0 Å². The normalized spacial score (nSPS) is 10.6. The zero-order chi connectivity index (χ0) is 23.3. The smallest absolute Gasteiger partial charge is 0.0715 e. The van der Waals surface area contributed by atoms with Crippen LogP contribution < -0.4 is 0 Å². The molecule has 5 rings (SSSR count). The molecule has 0 aliphatic carbocycles. The number of aromatic nitrogens is 2. The van der Waals surface area contributed by atoms with Gasteiger partial charge in [0.25, 0.3) is 0 Å². The van der Waals surface area contributed by atoms with Crippen molar-refractivity contribution in [1.29, 1.82) is 0 Å². The van der Waals surface area contributed by atoms with Crippen molar-refractivity contribution in [2.75, 3.05) is 0 Å². The largest absolute Gasteiger partial charge is 0.256 e. The summed E-state index contributed by atoms with van der Waals surface area (Å²) in [5.74, 6) is 0. The van der Waals surface area contributed by atoms with Crippen LogP contribution in [0.25, 0.3) is 51.0 Å². The predicted molar refractivity (Wildman–Crippen MR) is 143 cm³/mol. The van der Waals surface area contributed by atoms with Gasteiger partial charge in [0.1, 0.15) is 0 Å². The first-order chi connectivity index (χ1) is 16.7. The Bertz CT molecular complexity index is 1460. The average Bonchev–Trinajstić information content (AvgIpc) is 2.89. The van der Waals surface area contributed by atoms with E-state index in [1.807, 2.05) is 30.5 Å². The van der Waals surface area contributed by atoms with Gasteiger partial charge in [0, 0.05) is 22.9 Å². The molecule has 0 aliphatic rings. The molecule has 2 aromatic heterocycles. The maximum atomic E-state index is 5.00. The Morgan fingerprint density at radius 1 is 0.559 bits per heavy atom. The first-order valence-corrected chi connectivity index (χ1v) is 11.5. The van der Waals surface area contributed by atoms with Crippen molar-refractivity contribution in [2.45, 2.75) is 13.8 Å². The number of hydrogen-bond donors (Lipinski definition) is 0. The number of allylic oxidation sites excluding steroid dienone is 1. The summed E-state index contributed by atoms with van der Waals surface area (Å²) in [4.78, 5) is 9.64. The van der Waals surface area contributed by atoms with Crippen LogP contribution in [-0.2, 0) is 0 Å². The first-order valence-electron chi connectivity index (χ1n) is 11.5. The van der Waals surface area contributed by atoms with Gasteiger partial charge in [0.2, 0.25) is 0 Å². The van der Waals surface area contributed by atoms with Crippen LogP contribution in [0, 0.1) is 0 Å². The Morgan fingerprint density at radius 2 is 1.24 bits per heavy atom. The third kappa shape index (κ3) is 4.72. The van der Waals surface area contributed by atoms with Crippen LogP contribution >= 0.6 is 0 Å². The lowest BCUT2D eigenvalue weighted by atomic mass is 9.95. The molecule has 2 heteroatoms. The van der Waals surface area contributed by atoms with Gasteiger partial charge in [-0.2, -0.15) is 0 Å². The molecular weight excluding hydrogens is 412 g/mol. The SMILES string of the molecule is CC(C)=Cc1ccnc(-c2cccc(-c3ccccc3-c3cccc(-c4ccccc4)n3)c2)c1. The van der Waals surface area contributed by atoms with Crippen LogP contribution in [0.15, 0.2) is 121 Å². The molecule has 0 fully saturated rings. The van der Waals surface area contributed by atoms with E-state index in [4.69, 9.17) is 4.98 Å². The molecule has 0 saturated heterocycles. The summed E-state index contributed by atoms with van der Waals surface area (Å²) >= 11 is 0. The number of hydrogen-bond acceptors (Lipinski definition) is 2. The molecule has 2 heterocycles. The fraction of sp³-hybridized carbons (Fsp3) is 0.0625. The lowest BCUT2D eigenvalue weighted by Gasteiger charge is -2.12. The first kappa shape index (κ1) is 21.5. The highest BCUT2D eigenvalue weighted by Gasteiger charge is 2.11. The summed E-state index contributed by atoms with van der Waals surface area (Å²) in [7, 11) is 0. The van der Waals surface area contributed by atoms with Crippen molar-refractivity contribution in [2.24, 2.45) is 0 Å². The molecular formula is C32H26N2. The highest BCUT2D eigenvalue weighted by molar-refractivity contribution is 5.84. The Morgan fingerprint density at radius 3 is 2.06 bits per heavy atom. The molecule has 5 aromatic rings. The minimum absolute atomic E-state index is 0.964. The maximum Gasteiger partial charge on any atom is 0.0715 e. The highest BCUT2D eigenvalue weighted by Crippen LogP contribution is 2.34. The standard InChI is InChI=1S/C32H26N2/c1-23(2)20-24-18-19-33-32(21-24)27-13-8-12-26(22-27)28-14-6-7-15-29(28)31-17-9-16-30(34-31)25-10-4-3-5-11-25/h3-22H,1-2H3. The molecule has 0 atom stereocenters. The van der Waals surface area contributed by atoms with Gasteiger partial charge in [0.15, 0.2) is 0 Å². The zero-order valence-electron chi connectivity index (χ0n) is 19.4. The zero-order valence-corrected chi connectivity index (χ0v) is 19.4. The topological polar surface area (TPSA) is 25.8 Å². The van der Waals surface area contributed by atoms with Crippen LogP contribution in [0.2, 0.25) is 0 Å². The Kier molecular flexibility index (Phi) is 6.13. The van der Waals surface area contributed by atoms with Crippen LogP contribution in [0.3, 0.4) is 0 Å². The minimum Gasteiger partial charge on any atom is -0.256 e. The van der Waals surface area contributed by atoms with Crippen molar-refractivity contribution in [3.8, 4) is 44.9 Å². The molecule has 0 bridgehead atoms. The average molecular weight is 439 g/mol.